The summed E-state index contributed by atoms with van der Waals surface area (Å²) in [6.07, 6.45) is 1.21. The highest BCUT2D eigenvalue weighted by Crippen LogP contribution is 2.31. The van der Waals surface area contributed by atoms with E-state index >= 15 is 0 Å². The number of amides is 1. The first kappa shape index (κ1) is 14.6. The summed E-state index contributed by atoms with van der Waals surface area (Å²) in [5.74, 6) is 0.925. The van der Waals surface area contributed by atoms with Crippen LogP contribution in [0.1, 0.15) is 23.4 Å². The zero-order chi connectivity index (χ0) is 15.7. The molecule has 0 radical (unpaired) electrons. The molecule has 1 aliphatic heterocycles. The molecule has 5 nitrogen and oxygen atoms in total. The number of nitrogens with zero attached hydrogens (tertiary/aromatic N) is 3. The lowest BCUT2D eigenvalue weighted by molar-refractivity contribution is -0.118. The van der Waals surface area contributed by atoms with Crippen LogP contribution >= 0.6 is 0 Å². The van der Waals surface area contributed by atoms with Crippen molar-refractivity contribution >= 4 is 11.6 Å². The fourth-order valence-electron chi connectivity index (χ4n) is 2.97. The number of para-hydroxylation sites is 2. The number of carbonyl (C=O) groups is 1. The van der Waals surface area contributed by atoms with Crippen LogP contribution in [0.4, 0.5) is 5.69 Å². The number of hydrogen-bond acceptors (Lipinski definition) is 3. The zero-order valence-electron chi connectivity index (χ0n) is 13.3. The Bertz CT molecular complexity index is 706. The average molecular weight is 299 g/mol. The van der Waals surface area contributed by atoms with Crippen LogP contribution in [0.2, 0.25) is 0 Å². The molecule has 0 N–H and O–H groups in total. The third-order valence-electron chi connectivity index (χ3n) is 4.28. The first-order chi connectivity index (χ1) is 10.6. The molecule has 1 aromatic carbocycles. The Balaban J connectivity index is 1.73. The van der Waals surface area contributed by atoms with Crippen molar-refractivity contribution in [3.8, 4) is 5.75 Å². The van der Waals surface area contributed by atoms with E-state index in [2.05, 4.69) is 5.10 Å². The monoisotopic (exact) mass is 299 g/mol. The molecule has 0 atom stereocenters. The molecule has 1 aromatic heterocycles. The molecule has 0 unspecified atom stereocenters. The molecule has 0 fully saturated rings. The van der Waals surface area contributed by atoms with Crippen molar-refractivity contribution in [2.24, 2.45) is 7.05 Å². The van der Waals surface area contributed by atoms with Crippen molar-refractivity contribution in [1.82, 2.24) is 9.78 Å². The lowest BCUT2D eigenvalue weighted by Crippen LogP contribution is -2.38. The second kappa shape index (κ2) is 5.83. The van der Waals surface area contributed by atoms with Gasteiger partial charge in [-0.3, -0.25) is 9.48 Å². The number of hydrogen-bond donors (Lipinski definition) is 0. The maximum Gasteiger partial charge on any atom is 0.227 e. The van der Waals surface area contributed by atoms with E-state index in [1.54, 1.807) is 0 Å². The summed E-state index contributed by atoms with van der Waals surface area (Å²) >= 11 is 0. The first-order valence-electron chi connectivity index (χ1n) is 7.59. The Morgan fingerprint density at radius 1 is 1.32 bits per heavy atom. The smallest absolute Gasteiger partial charge is 0.227 e. The molecule has 1 aliphatic rings. The first-order valence-corrected chi connectivity index (χ1v) is 7.59. The summed E-state index contributed by atoms with van der Waals surface area (Å²) in [7, 11) is 1.94. The van der Waals surface area contributed by atoms with Crippen LogP contribution in [0, 0.1) is 13.8 Å². The van der Waals surface area contributed by atoms with Crippen LogP contribution in [0.25, 0.3) is 0 Å². The van der Waals surface area contributed by atoms with Crippen molar-refractivity contribution in [3.63, 3.8) is 0 Å². The van der Waals surface area contributed by atoms with E-state index in [4.69, 9.17) is 4.74 Å². The number of ether oxygens (including phenoxy) is 1. The normalized spacial score (nSPS) is 13.7. The predicted molar refractivity (Wildman–Crippen MR) is 85.3 cm³/mol. The molecule has 2 aromatic rings. The maximum absolute atomic E-state index is 12.6. The van der Waals surface area contributed by atoms with E-state index in [0.29, 0.717) is 19.6 Å². The molecule has 5 heteroatoms. The van der Waals surface area contributed by atoms with Gasteiger partial charge in [0.1, 0.15) is 12.4 Å². The quantitative estimate of drug-likeness (QED) is 0.874. The molecule has 3 rings (SSSR count). The molecule has 0 saturated carbocycles. The summed E-state index contributed by atoms with van der Waals surface area (Å²) < 4.78 is 7.48. The van der Waals surface area contributed by atoms with E-state index in [-0.39, 0.29) is 5.91 Å². The number of aryl methyl sites for hydroxylation is 2. The molecule has 0 spiro atoms. The summed E-state index contributed by atoms with van der Waals surface area (Å²) in [5, 5.41) is 4.41. The fourth-order valence-corrected chi connectivity index (χ4v) is 2.97. The van der Waals surface area contributed by atoms with Gasteiger partial charge >= 0.3 is 0 Å². The lowest BCUT2D eigenvalue weighted by Gasteiger charge is -2.29. The van der Waals surface area contributed by atoms with Gasteiger partial charge in [0.05, 0.1) is 17.9 Å². The minimum absolute atomic E-state index is 0.137. The fraction of sp³-hybridized carbons (Fsp3) is 0.412. The van der Waals surface area contributed by atoms with Crippen LogP contribution in [-0.2, 0) is 18.3 Å². The van der Waals surface area contributed by atoms with E-state index in [9.17, 15) is 4.79 Å². The van der Waals surface area contributed by atoms with Crippen molar-refractivity contribution in [2.45, 2.75) is 26.7 Å². The topological polar surface area (TPSA) is 47.4 Å². The number of carbonyl (C=O) groups excluding carboxylic acids is 1. The highest BCUT2D eigenvalue weighted by atomic mass is 16.5. The van der Waals surface area contributed by atoms with Gasteiger partial charge in [0.2, 0.25) is 5.91 Å². The maximum atomic E-state index is 12.6. The van der Waals surface area contributed by atoms with E-state index < -0.39 is 0 Å². The number of aromatic nitrogens is 2. The third-order valence-corrected chi connectivity index (χ3v) is 4.28. The summed E-state index contributed by atoms with van der Waals surface area (Å²) in [5.41, 5.74) is 4.19. The Hall–Kier alpha value is -2.30. The Morgan fingerprint density at radius 2 is 2.09 bits per heavy atom. The van der Waals surface area contributed by atoms with E-state index in [0.717, 1.165) is 29.2 Å². The van der Waals surface area contributed by atoms with Gasteiger partial charge in [-0.15, -0.1) is 0 Å². The Labute approximate surface area is 130 Å². The zero-order valence-corrected chi connectivity index (χ0v) is 13.3. The van der Waals surface area contributed by atoms with Gasteiger partial charge in [0, 0.05) is 19.2 Å². The van der Waals surface area contributed by atoms with Gasteiger partial charge < -0.3 is 9.64 Å². The molecule has 22 heavy (non-hydrogen) atoms. The van der Waals surface area contributed by atoms with Crippen LogP contribution in [0.15, 0.2) is 24.3 Å². The van der Waals surface area contributed by atoms with Crippen LogP contribution < -0.4 is 9.64 Å². The summed E-state index contributed by atoms with van der Waals surface area (Å²) in [6.45, 7) is 5.20. The van der Waals surface area contributed by atoms with Crippen molar-refractivity contribution < 1.29 is 9.53 Å². The highest BCUT2D eigenvalue weighted by molar-refractivity contribution is 5.95. The second-order valence-electron chi connectivity index (χ2n) is 5.63. The van der Waals surface area contributed by atoms with Crippen molar-refractivity contribution in [1.29, 1.82) is 0 Å². The molecule has 2 heterocycles. The molecule has 0 aliphatic carbocycles. The largest absolute Gasteiger partial charge is 0.490 e. The molecule has 0 bridgehead atoms. The van der Waals surface area contributed by atoms with Gasteiger partial charge in [-0.25, -0.2) is 0 Å². The van der Waals surface area contributed by atoms with E-state index in [1.165, 1.54) is 5.56 Å². The number of benzene rings is 1. The lowest BCUT2D eigenvalue weighted by atomic mass is 10.1. The van der Waals surface area contributed by atoms with Crippen molar-refractivity contribution in [3.05, 3.63) is 41.2 Å². The molecular formula is C17H21N3O2. The van der Waals surface area contributed by atoms with Gasteiger partial charge in [-0.1, -0.05) is 12.1 Å². The van der Waals surface area contributed by atoms with E-state index in [1.807, 2.05) is 54.7 Å². The molecular weight excluding hydrogens is 278 g/mol. The SMILES string of the molecule is Cc1nn(C)c(C)c1CCC(=O)N1CCOc2ccccc21. The van der Waals surface area contributed by atoms with Crippen LogP contribution in [0.5, 0.6) is 5.75 Å². The van der Waals surface area contributed by atoms with Gasteiger partial charge in [-0.05, 0) is 38.0 Å². The minimum Gasteiger partial charge on any atom is -0.490 e. The standard InChI is InChI=1S/C17H21N3O2/c1-12-14(13(2)19(3)18-12)8-9-17(21)20-10-11-22-16-7-5-4-6-15(16)20/h4-7H,8-11H2,1-3H3. The molecule has 116 valence electrons. The highest BCUT2D eigenvalue weighted by Gasteiger charge is 2.23. The average Bonchev–Trinajstić information content (AvgIpc) is 2.77. The summed E-state index contributed by atoms with van der Waals surface area (Å²) in [4.78, 5) is 14.4. The van der Waals surface area contributed by atoms with Crippen LogP contribution in [0.3, 0.4) is 0 Å². The molecule has 1 amide bonds. The predicted octanol–water partition coefficient (Wildman–Crippen LogP) is 2.40. The van der Waals surface area contributed by atoms with Gasteiger partial charge in [-0.2, -0.15) is 5.10 Å². The minimum atomic E-state index is 0.137. The number of rotatable bonds is 3. The third kappa shape index (κ3) is 2.58. The summed E-state index contributed by atoms with van der Waals surface area (Å²) in [6, 6.07) is 7.70. The Morgan fingerprint density at radius 3 is 2.82 bits per heavy atom. The number of fused-ring (bicyclic) bond motifs is 1. The van der Waals surface area contributed by atoms with Crippen LogP contribution in [-0.4, -0.2) is 28.8 Å². The van der Waals surface area contributed by atoms with Gasteiger partial charge in [0.25, 0.3) is 0 Å². The van der Waals surface area contributed by atoms with Gasteiger partial charge in [0.15, 0.2) is 0 Å². The Kier molecular flexibility index (Phi) is 3.88. The van der Waals surface area contributed by atoms with Crippen molar-refractivity contribution in [2.75, 3.05) is 18.1 Å². The molecule has 0 saturated heterocycles. The number of anilines is 1. The second-order valence-corrected chi connectivity index (χ2v) is 5.63.